The van der Waals surface area contributed by atoms with E-state index in [0.717, 1.165) is 23.7 Å². The van der Waals surface area contributed by atoms with Crippen LogP contribution >= 0.6 is 0 Å². The van der Waals surface area contributed by atoms with E-state index in [-0.39, 0.29) is 5.84 Å². The zero-order valence-electron chi connectivity index (χ0n) is 12.7. The molecule has 6 nitrogen and oxygen atoms in total. The van der Waals surface area contributed by atoms with Gasteiger partial charge in [0.2, 0.25) is 0 Å². The first-order valence-electron chi connectivity index (χ1n) is 6.92. The van der Waals surface area contributed by atoms with Crippen molar-refractivity contribution in [3.8, 4) is 0 Å². The standard InChI is InChI=1S/C14H22N4O2Si/c1-21(2,3)9-8-20-10-18-7-5-12-11(13(15)17-19)4-6-16-14(12)18/h4-7,19H,8-10H2,1-3H3,(H2,15,17). The smallest absolute Gasteiger partial charge is 0.170 e. The van der Waals surface area contributed by atoms with Gasteiger partial charge in [-0.25, -0.2) is 4.98 Å². The molecule has 0 aliphatic carbocycles. The Bertz CT molecular complexity index is 646. The molecule has 0 bridgehead atoms. The average molecular weight is 306 g/mol. The second-order valence-corrected chi connectivity index (χ2v) is 11.8. The molecule has 0 unspecified atom stereocenters. The molecule has 3 N–H and O–H groups in total. The van der Waals surface area contributed by atoms with Crippen LogP contribution < -0.4 is 5.73 Å². The summed E-state index contributed by atoms with van der Waals surface area (Å²) < 4.78 is 7.66. The number of ether oxygens (including phenoxy) is 1. The fourth-order valence-corrected chi connectivity index (χ4v) is 2.77. The maximum absolute atomic E-state index is 8.82. The quantitative estimate of drug-likeness (QED) is 0.214. The molecule has 114 valence electrons. The van der Waals surface area contributed by atoms with Crippen molar-refractivity contribution in [2.45, 2.75) is 32.4 Å². The van der Waals surface area contributed by atoms with Crippen LogP contribution in [0.25, 0.3) is 11.0 Å². The molecule has 0 aromatic carbocycles. The maximum atomic E-state index is 8.82. The Morgan fingerprint density at radius 3 is 2.86 bits per heavy atom. The monoisotopic (exact) mass is 306 g/mol. The number of oxime groups is 1. The summed E-state index contributed by atoms with van der Waals surface area (Å²) in [6, 6.07) is 4.76. The second kappa shape index (κ2) is 6.27. The van der Waals surface area contributed by atoms with Crippen LogP contribution in [0.5, 0.6) is 0 Å². The molecule has 0 radical (unpaired) electrons. The molecule has 2 aromatic heterocycles. The van der Waals surface area contributed by atoms with Gasteiger partial charge in [-0.2, -0.15) is 0 Å². The van der Waals surface area contributed by atoms with Gasteiger partial charge >= 0.3 is 0 Å². The summed E-state index contributed by atoms with van der Waals surface area (Å²) in [6.45, 7) is 8.20. The van der Waals surface area contributed by atoms with Gasteiger partial charge in [0.05, 0.1) is 0 Å². The Balaban J connectivity index is 2.12. The highest BCUT2D eigenvalue weighted by Crippen LogP contribution is 2.18. The van der Waals surface area contributed by atoms with E-state index in [9.17, 15) is 0 Å². The Hall–Kier alpha value is -1.86. The number of hydrogen-bond acceptors (Lipinski definition) is 4. The van der Waals surface area contributed by atoms with Gasteiger partial charge in [-0.1, -0.05) is 24.8 Å². The summed E-state index contributed by atoms with van der Waals surface area (Å²) in [5.41, 5.74) is 7.12. The molecule has 0 fully saturated rings. The first kappa shape index (κ1) is 15.5. The van der Waals surface area contributed by atoms with Crippen molar-refractivity contribution in [1.82, 2.24) is 9.55 Å². The number of fused-ring (bicyclic) bond motifs is 1. The molecule has 2 rings (SSSR count). The van der Waals surface area contributed by atoms with E-state index in [0.29, 0.717) is 12.3 Å². The molecule has 0 aliphatic rings. The summed E-state index contributed by atoms with van der Waals surface area (Å²) in [4.78, 5) is 4.35. The Morgan fingerprint density at radius 1 is 1.43 bits per heavy atom. The number of aromatic nitrogens is 2. The molecular weight excluding hydrogens is 284 g/mol. The van der Waals surface area contributed by atoms with Crippen molar-refractivity contribution in [2.75, 3.05) is 6.61 Å². The van der Waals surface area contributed by atoms with Crippen molar-refractivity contribution in [3.05, 3.63) is 30.1 Å². The summed E-state index contributed by atoms with van der Waals surface area (Å²) >= 11 is 0. The van der Waals surface area contributed by atoms with Gasteiger partial charge in [0.15, 0.2) is 5.84 Å². The first-order valence-corrected chi connectivity index (χ1v) is 10.6. The number of rotatable bonds is 6. The molecular formula is C14H22N4O2Si. The zero-order chi connectivity index (χ0) is 15.5. The number of nitrogens with zero attached hydrogens (tertiary/aromatic N) is 3. The highest BCUT2D eigenvalue weighted by molar-refractivity contribution is 6.76. The Kier molecular flexibility index (Phi) is 4.64. The van der Waals surface area contributed by atoms with E-state index >= 15 is 0 Å². The zero-order valence-corrected chi connectivity index (χ0v) is 13.7. The van der Waals surface area contributed by atoms with Crippen LogP contribution in [0.2, 0.25) is 25.7 Å². The fraction of sp³-hybridized carbons (Fsp3) is 0.429. The second-order valence-electron chi connectivity index (χ2n) is 6.21. The van der Waals surface area contributed by atoms with E-state index < -0.39 is 8.07 Å². The van der Waals surface area contributed by atoms with Crippen LogP contribution in [0.15, 0.2) is 29.7 Å². The fourth-order valence-electron chi connectivity index (χ4n) is 2.01. The molecule has 7 heteroatoms. The summed E-state index contributed by atoms with van der Waals surface area (Å²) in [5.74, 6) is 0.0831. The van der Waals surface area contributed by atoms with Crippen molar-refractivity contribution in [1.29, 1.82) is 0 Å². The third-order valence-electron chi connectivity index (χ3n) is 3.27. The normalized spacial score (nSPS) is 13.0. The number of amidine groups is 1. The minimum atomic E-state index is -1.07. The van der Waals surface area contributed by atoms with Crippen LogP contribution in [0.1, 0.15) is 5.56 Å². The summed E-state index contributed by atoms with van der Waals surface area (Å²) in [7, 11) is -1.07. The topological polar surface area (TPSA) is 85.7 Å². The maximum Gasteiger partial charge on any atom is 0.170 e. The minimum Gasteiger partial charge on any atom is -0.409 e. The lowest BCUT2D eigenvalue weighted by atomic mass is 10.2. The highest BCUT2D eigenvalue weighted by Gasteiger charge is 2.13. The molecule has 0 spiro atoms. The van der Waals surface area contributed by atoms with Gasteiger partial charge in [-0.05, 0) is 18.2 Å². The van der Waals surface area contributed by atoms with Crippen molar-refractivity contribution in [2.24, 2.45) is 10.9 Å². The molecule has 0 atom stereocenters. The van der Waals surface area contributed by atoms with Gasteiger partial charge < -0.3 is 20.2 Å². The molecule has 0 aliphatic heterocycles. The number of nitrogens with two attached hydrogens (primary N) is 1. The largest absolute Gasteiger partial charge is 0.409 e. The van der Waals surface area contributed by atoms with Crippen LogP contribution in [0.4, 0.5) is 0 Å². The molecule has 0 saturated heterocycles. The van der Waals surface area contributed by atoms with Gasteiger partial charge in [-0.15, -0.1) is 0 Å². The summed E-state index contributed by atoms with van der Waals surface area (Å²) in [6.07, 6.45) is 3.55. The van der Waals surface area contributed by atoms with E-state index in [1.54, 1.807) is 12.3 Å². The van der Waals surface area contributed by atoms with Gasteiger partial charge in [0.25, 0.3) is 0 Å². The molecule has 0 saturated carbocycles. The van der Waals surface area contributed by atoms with Crippen molar-refractivity contribution in [3.63, 3.8) is 0 Å². The molecule has 0 amide bonds. The van der Waals surface area contributed by atoms with E-state index in [1.807, 2.05) is 16.8 Å². The van der Waals surface area contributed by atoms with Crippen LogP contribution in [0.3, 0.4) is 0 Å². The van der Waals surface area contributed by atoms with Crippen molar-refractivity contribution >= 4 is 24.9 Å². The number of hydrogen-bond donors (Lipinski definition) is 2. The lowest BCUT2D eigenvalue weighted by Crippen LogP contribution is -2.22. The first-order chi connectivity index (χ1) is 9.92. The van der Waals surface area contributed by atoms with Crippen LogP contribution in [0, 0.1) is 0 Å². The third kappa shape index (κ3) is 3.83. The van der Waals surface area contributed by atoms with Gasteiger partial charge in [0.1, 0.15) is 12.4 Å². The molecule has 2 aromatic rings. The SMILES string of the molecule is C[Si](C)(C)CCOCn1ccc2c(C(N)=NO)ccnc21. The van der Waals surface area contributed by atoms with Crippen LogP contribution in [-0.2, 0) is 11.5 Å². The summed E-state index contributed by atoms with van der Waals surface area (Å²) in [5, 5.41) is 12.7. The van der Waals surface area contributed by atoms with Crippen LogP contribution in [-0.4, -0.2) is 35.3 Å². The predicted octanol–water partition coefficient (Wildman–Crippen LogP) is 2.44. The highest BCUT2D eigenvalue weighted by atomic mass is 28.3. The Morgan fingerprint density at radius 2 is 2.19 bits per heavy atom. The van der Waals surface area contributed by atoms with Crippen molar-refractivity contribution < 1.29 is 9.94 Å². The van der Waals surface area contributed by atoms with E-state index in [2.05, 4.69) is 29.8 Å². The van der Waals surface area contributed by atoms with E-state index in [4.69, 9.17) is 15.7 Å². The number of pyridine rings is 1. The van der Waals surface area contributed by atoms with E-state index in [1.165, 1.54) is 0 Å². The third-order valence-corrected chi connectivity index (χ3v) is 4.98. The average Bonchev–Trinajstić information content (AvgIpc) is 2.85. The predicted molar refractivity (Wildman–Crippen MR) is 86.3 cm³/mol. The van der Waals surface area contributed by atoms with Gasteiger partial charge in [-0.3, -0.25) is 0 Å². The lowest BCUT2D eigenvalue weighted by molar-refractivity contribution is 0.0899. The van der Waals surface area contributed by atoms with Gasteiger partial charge in [0, 0.05) is 38.0 Å². The Labute approximate surface area is 125 Å². The molecule has 2 heterocycles. The minimum absolute atomic E-state index is 0.0831. The molecule has 21 heavy (non-hydrogen) atoms. The lowest BCUT2D eigenvalue weighted by Gasteiger charge is -2.15.